The molecule has 142 valence electrons. The van der Waals surface area contributed by atoms with Crippen molar-refractivity contribution < 1.29 is 14.3 Å². The molecule has 0 atom stereocenters. The molecule has 7 heteroatoms. The number of rotatable bonds is 4. The average molecular weight is 388 g/mol. The molecule has 1 saturated heterocycles. The summed E-state index contributed by atoms with van der Waals surface area (Å²) in [6, 6.07) is 13.7. The molecule has 1 N–H and O–H groups in total. The van der Waals surface area contributed by atoms with Crippen LogP contribution in [0.25, 0.3) is 0 Å². The van der Waals surface area contributed by atoms with Gasteiger partial charge in [0.1, 0.15) is 0 Å². The van der Waals surface area contributed by atoms with Crippen molar-refractivity contribution in [3.63, 3.8) is 0 Å². The minimum absolute atomic E-state index is 0.0117. The second-order valence-corrected chi connectivity index (χ2v) is 7.06. The summed E-state index contributed by atoms with van der Waals surface area (Å²) in [5.41, 5.74) is 2.22. The van der Waals surface area contributed by atoms with Crippen LogP contribution in [-0.2, 0) is 6.42 Å². The van der Waals surface area contributed by atoms with Crippen LogP contribution in [0.15, 0.2) is 42.5 Å². The average Bonchev–Trinajstić information content (AvgIpc) is 3.16. The zero-order chi connectivity index (χ0) is 18.6. The van der Waals surface area contributed by atoms with Crippen LogP contribution >= 0.6 is 11.6 Å². The summed E-state index contributed by atoms with van der Waals surface area (Å²) in [6.07, 6.45) is 0.767. The van der Waals surface area contributed by atoms with Crippen molar-refractivity contribution in [2.45, 2.75) is 6.42 Å². The van der Waals surface area contributed by atoms with Crippen molar-refractivity contribution in [3.8, 4) is 11.5 Å². The number of piperazine rings is 1. The molecule has 0 saturated carbocycles. The Bertz CT molecular complexity index is 822. The second-order valence-electron chi connectivity index (χ2n) is 6.62. The van der Waals surface area contributed by atoms with E-state index in [0.29, 0.717) is 19.6 Å². The summed E-state index contributed by atoms with van der Waals surface area (Å²) in [5.74, 6) is 1.57. The predicted octanol–water partition coefficient (Wildman–Crippen LogP) is 3.14. The Labute approximate surface area is 163 Å². The van der Waals surface area contributed by atoms with Crippen molar-refractivity contribution in [1.82, 2.24) is 10.2 Å². The molecular weight excluding hydrogens is 366 g/mol. The van der Waals surface area contributed by atoms with Gasteiger partial charge in [0.05, 0.1) is 0 Å². The van der Waals surface area contributed by atoms with E-state index in [4.69, 9.17) is 21.1 Å². The number of carbonyl (C=O) groups excluding carboxylic acids is 1. The highest BCUT2D eigenvalue weighted by Gasteiger charge is 2.22. The first-order chi connectivity index (χ1) is 13.2. The second kappa shape index (κ2) is 7.96. The molecule has 0 spiro atoms. The molecular formula is C20H22ClN3O3. The van der Waals surface area contributed by atoms with Gasteiger partial charge in [-0.3, -0.25) is 0 Å². The quantitative estimate of drug-likeness (QED) is 0.875. The molecule has 2 aliphatic heterocycles. The highest BCUT2D eigenvalue weighted by atomic mass is 35.5. The highest BCUT2D eigenvalue weighted by molar-refractivity contribution is 6.30. The number of carbonyl (C=O) groups is 1. The number of hydrogen-bond acceptors (Lipinski definition) is 4. The fraction of sp³-hybridized carbons (Fsp3) is 0.350. The minimum atomic E-state index is -0.0117. The number of nitrogens with one attached hydrogen (secondary N) is 1. The first-order valence-corrected chi connectivity index (χ1v) is 9.49. The highest BCUT2D eigenvalue weighted by Crippen LogP contribution is 2.35. The number of nitrogens with zero attached hydrogens (tertiary/aromatic N) is 2. The van der Waals surface area contributed by atoms with Gasteiger partial charge in [0.2, 0.25) is 6.79 Å². The van der Waals surface area contributed by atoms with E-state index in [9.17, 15) is 4.79 Å². The van der Waals surface area contributed by atoms with Gasteiger partial charge in [-0.05, 0) is 36.2 Å². The monoisotopic (exact) mass is 387 g/mol. The molecule has 6 nitrogen and oxygen atoms in total. The molecule has 2 aromatic rings. The van der Waals surface area contributed by atoms with Crippen LogP contribution in [-0.4, -0.2) is 50.4 Å². The predicted molar refractivity (Wildman–Crippen MR) is 105 cm³/mol. The topological polar surface area (TPSA) is 54.0 Å². The molecule has 2 aliphatic rings. The van der Waals surface area contributed by atoms with Crippen molar-refractivity contribution in [2.75, 3.05) is 44.4 Å². The third-order valence-electron chi connectivity index (χ3n) is 4.87. The summed E-state index contributed by atoms with van der Waals surface area (Å²) in [4.78, 5) is 16.5. The maximum atomic E-state index is 12.4. The number of halogens is 1. The van der Waals surface area contributed by atoms with Gasteiger partial charge in [0, 0.05) is 49.5 Å². The van der Waals surface area contributed by atoms with Crippen molar-refractivity contribution >= 4 is 23.3 Å². The molecule has 1 fully saturated rings. The molecule has 0 radical (unpaired) electrons. The molecule has 27 heavy (non-hydrogen) atoms. The number of hydrogen-bond donors (Lipinski definition) is 1. The molecule has 4 rings (SSSR count). The van der Waals surface area contributed by atoms with E-state index in [1.165, 1.54) is 0 Å². The first-order valence-electron chi connectivity index (χ1n) is 9.11. The standard InChI is InChI=1S/C20H22ClN3O3/c21-16-3-1-2-15(12-16)6-7-22-20(25)24-10-8-23(9-11-24)17-4-5-18-19(13-17)27-14-26-18/h1-5,12-13H,6-11,14H2,(H,22,25). The summed E-state index contributed by atoms with van der Waals surface area (Å²) >= 11 is 5.99. The van der Waals surface area contributed by atoms with Crippen LogP contribution in [0.3, 0.4) is 0 Å². The first kappa shape index (κ1) is 17.8. The van der Waals surface area contributed by atoms with Crippen LogP contribution in [0.2, 0.25) is 5.02 Å². The maximum Gasteiger partial charge on any atom is 0.317 e. The Morgan fingerprint density at radius 1 is 1.04 bits per heavy atom. The zero-order valence-electron chi connectivity index (χ0n) is 15.0. The number of urea groups is 1. The summed E-state index contributed by atoms with van der Waals surface area (Å²) < 4.78 is 10.8. The Hall–Kier alpha value is -2.60. The summed E-state index contributed by atoms with van der Waals surface area (Å²) in [6.45, 7) is 3.85. The fourth-order valence-electron chi connectivity index (χ4n) is 3.37. The fourth-order valence-corrected chi connectivity index (χ4v) is 3.58. The molecule has 2 amide bonds. The Kier molecular flexibility index (Phi) is 5.25. The van der Waals surface area contributed by atoms with Gasteiger partial charge < -0.3 is 24.6 Å². The zero-order valence-corrected chi connectivity index (χ0v) is 15.7. The Morgan fingerprint density at radius 3 is 2.67 bits per heavy atom. The van der Waals surface area contributed by atoms with Gasteiger partial charge in [-0.1, -0.05) is 23.7 Å². The van der Waals surface area contributed by atoms with Crippen LogP contribution in [0, 0.1) is 0 Å². The Balaban J connectivity index is 1.24. The van der Waals surface area contributed by atoms with Crippen LogP contribution in [0.5, 0.6) is 11.5 Å². The SMILES string of the molecule is O=C(NCCc1cccc(Cl)c1)N1CCN(c2ccc3c(c2)OCO3)CC1. The van der Waals surface area contributed by atoms with Crippen LogP contribution < -0.4 is 19.7 Å². The molecule has 0 unspecified atom stereocenters. The van der Waals surface area contributed by atoms with E-state index >= 15 is 0 Å². The molecule has 0 bridgehead atoms. The lowest BCUT2D eigenvalue weighted by Crippen LogP contribution is -2.52. The van der Waals surface area contributed by atoms with Crippen molar-refractivity contribution in [1.29, 1.82) is 0 Å². The van der Waals surface area contributed by atoms with Crippen molar-refractivity contribution in [2.24, 2.45) is 0 Å². The lowest BCUT2D eigenvalue weighted by Gasteiger charge is -2.36. The maximum absolute atomic E-state index is 12.4. The smallest absolute Gasteiger partial charge is 0.317 e. The van der Waals surface area contributed by atoms with E-state index in [2.05, 4.69) is 10.2 Å². The number of benzene rings is 2. The summed E-state index contributed by atoms with van der Waals surface area (Å²) in [7, 11) is 0. The van der Waals surface area contributed by atoms with Crippen molar-refractivity contribution in [3.05, 3.63) is 53.1 Å². The third-order valence-corrected chi connectivity index (χ3v) is 5.10. The minimum Gasteiger partial charge on any atom is -0.454 e. The number of ether oxygens (including phenoxy) is 2. The molecule has 0 aromatic heterocycles. The van der Waals surface area contributed by atoms with E-state index in [0.717, 1.165) is 47.3 Å². The van der Waals surface area contributed by atoms with Gasteiger partial charge in [0.25, 0.3) is 0 Å². The number of amides is 2. The van der Waals surface area contributed by atoms with Gasteiger partial charge >= 0.3 is 6.03 Å². The van der Waals surface area contributed by atoms with Gasteiger partial charge in [-0.2, -0.15) is 0 Å². The van der Waals surface area contributed by atoms with E-state index in [1.54, 1.807) is 0 Å². The van der Waals surface area contributed by atoms with E-state index in [1.807, 2.05) is 47.4 Å². The number of anilines is 1. The van der Waals surface area contributed by atoms with Crippen LogP contribution in [0.1, 0.15) is 5.56 Å². The van der Waals surface area contributed by atoms with Crippen LogP contribution in [0.4, 0.5) is 10.5 Å². The molecule has 2 aromatic carbocycles. The summed E-state index contributed by atoms with van der Waals surface area (Å²) in [5, 5.41) is 3.72. The molecule has 2 heterocycles. The molecule has 0 aliphatic carbocycles. The van der Waals surface area contributed by atoms with E-state index < -0.39 is 0 Å². The van der Waals surface area contributed by atoms with E-state index in [-0.39, 0.29) is 12.8 Å². The lowest BCUT2D eigenvalue weighted by atomic mass is 10.1. The lowest BCUT2D eigenvalue weighted by molar-refractivity contribution is 0.174. The van der Waals surface area contributed by atoms with Gasteiger partial charge in [-0.25, -0.2) is 4.79 Å². The third kappa shape index (κ3) is 4.22. The normalized spacial score (nSPS) is 15.7. The van der Waals surface area contributed by atoms with Gasteiger partial charge in [0.15, 0.2) is 11.5 Å². The number of fused-ring (bicyclic) bond motifs is 1. The largest absolute Gasteiger partial charge is 0.454 e. The van der Waals surface area contributed by atoms with Gasteiger partial charge in [-0.15, -0.1) is 0 Å². The Morgan fingerprint density at radius 2 is 1.85 bits per heavy atom.